The minimum atomic E-state index is -0.208. The van der Waals surface area contributed by atoms with Crippen LogP contribution in [0.3, 0.4) is 0 Å². The Morgan fingerprint density at radius 3 is 2.96 bits per heavy atom. The van der Waals surface area contributed by atoms with Crippen LogP contribution in [0, 0.1) is 0 Å². The first kappa shape index (κ1) is 15.0. The molecule has 0 aliphatic carbocycles. The highest BCUT2D eigenvalue weighted by Gasteiger charge is 2.47. The average Bonchev–Trinajstić information content (AvgIpc) is 3.01. The number of pyridine rings is 1. The van der Waals surface area contributed by atoms with Gasteiger partial charge in [0.15, 0.2) is 0 Å². The van der Waals surface area contributed by atoms with Gasteiger partial charge in [0, 0.05) is 25.2 Å². The van der Waals surface area contributed by atoms with Crippen molar-refractivity contribution in [2.75, 3.05) is 13.2 Å². The number of carbonyl (C=O) groups is 1. The normalized spacial score (nSPS) is 26.0. The van der Waals surface area contributed by atoms with Crippen molar-refractivity contribution in [2.45, 2.75) is 31.1 Å². The van der Waals surface area contributed by atoms with E-state index in [1.54, 1.807) is 18.6 Å². The molecule has 0 aromatic carbocycles. The van der Waals surface area contributed by atoms with E-state index in [9.17, 15) is 4.79 Å². The molecule has 0 radical (unpaired) electrons. The van der Waals surface area contributed by atoms with Gasteiger partial charge in [-0.3, -0.25) is 14.8 Å². The van der Waals surface area contributed by atoms with E-state index in [2.05, 4.69) is 15.0 Å². The lowest BCUT2D eigenvalue weighted by Gasteiger charge is -2.31. The van der Waals surface area contributed by atoms with E-state index in [-0.39, 0.29) is 24.2 Å². The first-order valence-electron chi connectivity index (χ1n) is 8.08. The lowest BCUT2D eigenvalue weighted by molar-refractivity contribution is -0.0447. The van der Waals surface area contributed by atoms with Crippen LogP contribution >= 0.6 is 0 Å². The van der Waals surface area contributed by atoms with Gasteiger partial charge in [-0.25, -0.2) is 4.98 Å². The molecule has 3 atom stereocenters. The number of likely N-dealkylation sites (tertiary alicyclic amines) is 1. The third kappa shape index (κ3) is 2.82. The molecule has 0 unspecified atom stereocenters. The van der Waals surface area contributed by atoms with Crippen molar-refractivity contribution >= 4 is 5.91 Å². The zero-order valence-electron chi connectivity index (χ0n) is 13.1. The zero-order chi connectivity index (χ0) is 16.4. The van der Waals surface area contributed by atoms with E-state index in [0.29, 0.717) is 24.6 Å². The molecule has 4 rings (SSSR count). The van der Waals surface area contributed by atoms with Crippen molar-refractivity contribution in [2.24, 2.45) is 0 Å². The second kappa shape index (κ2) is 6.52. The summed E-state index contributed by atoms with van der Waals surface area (Å²) in [5.74, 6) is 0.560. The van der Waals surface area contributed by atoms with E-state index in [4.69, 9.17) is 9.47 Å². The van der Waals surface area contributed by atoms with Crippen LogP contribution in [0.1, 0.15) is 23.3 Å². The van der Waals surface area contributed by atoms with Crippen LogP contribution in [0.25, 0.3) is 0 Å². The molecule has 0 bridgehead atoms. The van der Waals surface area contributed by atoms with Gasteiger partial charge in [-0.05, 0) is 25.0 Å². The monoisotopic (exact) mass is 326 g/mol. The molecular weight excluding hydrogens is 308 g/mol. The van der Waals surface area contributed by atoms with E-state index in [0.717, 1.165) is 12.8 Å². The molecule has 124 valence electrons. The lowest BCUT2D eigenvalue weighted by Crippen LogP contribution is -2.44. The Morgan fingerprint density at radius 2 is 2.17 bits per heavy atom. The fraction of sp³-hybridized carbons (Fsp3) is 0.412. The Balaban J connectivity index is 1.56. The number of amides is 1. The Morgan fingerprint density at radius 1 is 1.25 bits per heavy atom. The highest BCUT2D eigenvalue weighted by Crippen LogP contribution is 2.32. The number of hydrogen-bond donors (Lipinski definition) is 0. The van der Waals surface area contributed by atoms with Crippen molar-refractivity contribution in [1.82, 2.24) is 19.9 Å². The molecule has 2 aromatic heterocycles. The van der Waals surface area contributed by atoms with Crippen molar-refractivity contribution in [1.29, 1.82) is 0 Å². The largest absolute Gasteiger partial charge is 0.484 e. The number of hydrogen-bond acceptors (Lipinski definition) is 6. The minimum absolute atomic E-state index is 0.00919. The van der Waals surface area contributed by atoms with Gasteiger partial charge in [0.2, 0.25) is 0 Å². The molecule has 0 N–H and O–H groups in total. The minimum Gasteiger partial charge on any atom is -0.484 e. The van der Waals surface area contributed by atoms with E-state index in [1.807, 2.05) is 17.0 Å². The predicted molar refractivity (Wildman–Crippen MR) is 84.5 cm³/mol. The second-order valence-corrected chi connectivity index (χ2v) is 5.94. The topological polar surface area (TPSA) is 77.4 Å². The summed E-state index contributed by atoms with van der Waals surface area (Å²) in [5.41, 5.74) is 0.351. The Labute approximate surface area is 139 Å². The summed E-state index contributed by atoms with van der Waals surface area (Å²) in [5, 5.41) is 0. The maximum atomic E-state index is 12.8. The van der Waals surface area contributed by atoms with Gasteiger partial charge >= 0.3 is 0 Å². The highest BCUT2D eigenvalue weighted by molar-refractivity contribution is 5.92. The van der Waals surface area contributed by atoms with Crippen molar-refractivity contribution in [3.05, 3.63) is 48.8 Å². The van der Waals surface area contributed by atoms with Crippen LogP contribution in [-0.4, -0.2) is 57.2 Å². The molecule has 7 heteroatoms. The third-order valence-electron chi connectivity index (χ3n) is 4.44. The summed E-state index contributed by atoms with van der Waals surface area (Å²) in [4.78, 5) is 26.8. The Bertz CT molecular complexity index is 697. The van der Waals surface area contributed by atoms with Crippen LogP contribution < -0.4 is 4.74 Å². The van der Waals surface area contributed by atoms with Gasteiger partial charge in [-0.1, -0.05) is 0 Å². The maximum Gasteiger partial charge on any atom is 0.274 e. The number of rotatable bonds is 3. The maximum absolute atomic E-state index is 12.8. The molecule has 2 aliphatic rings. The number of ether oxygens (including phenoxy) is 2. The van der Waals surface area contributed by atoms with Gasteiger partial charge in [0.1, 0.15) is 23.7 Å². The van der Waals surface area contributed by atoms with Crippen LogP contribution in [0.5, 0.6) is 5.75 Å². The Kier molecular flexibility index (Phi) is 4.08. The first-order chi connectivity index (χ1) is 11.8. The van der Waals surface area contributed by atoms with E-state index >= 15 is 0 Å². The standard InChI is InChI=1S/C17H18N4O3/c22-17(13-10-19-6-7-20-13)21-11-15(16-14(21)4-2-8-23-16)24-12-3-1-5-18-9-12/h1,3,5-7,9-10,14-16H,2,4,8,11H2/t14-,15+,16+/m0/s1. The fourth-order valence-corrected chi connectivity index (χ4v) is 3.39. The summed E-state index contributed by atoms with van der Waals surface area (Å²) in [6.45, 7) is 1.17. The molecule has 0 spiro atoms. The highest BCUT2D eigenvalue weighted by atomic mass is 16.5. The molecule has 24 heavy (non-hydrogen) atoms. The van der Waals surface area contributed by atoms with Crippen molar-refractivity contribution in [3.63, 3.8) is 0 Å². The molecule has 2 fully saturated rings. The molecule has 1 amide bonds. The molecule has 2 saturated heterocycles. The summed E-state index contributed by atoms with van der Waals surface area (Å²) in [7, 11) is 0. The SMILES string of the molecule is O=C(c1cnccn1)N1C[C@@H](Oc2cccnc2)[C@@H]2OCCC[C@@H]21. The summed E-state index contributed by atoms with van der Waals surface area (Å²) >= 11 is 0. The van der Waals surface area contributed by atoms with Crippen LogP contribution in [-0.2, 0) is 4.74 Å². The van der Waals surface area contributed by atoms with Gasteiger partial charge in [-0.2, -0.15) is 0 Å². The summed E-state index contributed by atoms with van der Waals surface area (Å²) < 4.78 is 12.0. The molecule has 0 saturated carbocycles. The van der Waals surface area contributed by atoms with Crippen molar-refractivity contribution in [3.8, 4) is 5.75 Å². The summed E-state index contributed by atoms with van der Waals surface area (Å²) in [6, 6.07) is 3.69. The van der Waals surface area contributed by atoms with E-state index in [1.165, 1.54) is 12.4 Å². The molecule has 4 heterocycles. The number of carbonyl (C=O) groups excluding carboxylic acids is 1. The predicted octanol–water partition coefficient (Wildman–Crippen LogP) is 1.32. The Hall–Kier alpha value is -2.54. The average molecular weight is 326 g/mol. The number of nitrogens with zero attached hydrogens (tertiary/aromatic N) is 4. The second-order valence-electron chi connectivity index (χ2n) is 5.94. The van der Waals surface area contributed by atoms with Crippen LogP contribution in [0.4, 0.5) is 0 Å². The van der Waals surface area contributed by atoms with E-state index < -0.39 is 0 Å². The molecule has 7 nitrogen and oxygen atoms in total. The van der Waals surface area contributed by atoms with Gasteiger partial charge in [0.25, 0.3) is 5.91 Å². The number of fused-ring (bicyclic) bond motifs is 1. The first-order valence-corrected chi connectivity index (χ1v) is 8.08. The van der Waals surface area contributed by atoms with Crippen LogP contribution in [0.15, 0.2) is 43.1 Å². The quantitative estimate of drug-likeness (QED) is 0.847. The third-order valence-corrected chi connectivity index (χ3v) is 4.44. The smallest absolute Gasteiger partial charge is 0.274 e. The number of aromatic nitrogens is 3. The van der Waals surface area contributed by atoms with Gasteiger partial charge in [0.05, 0.1) is 25.0 Å². The molecular formula is C17H18N4O3. The lowest BCUT2D eigenvalue weighted by atomic mass is 10.0. The van der Waals surface area contributed by atoms with Gasteiger partial charge in [-0.15, -0.1) is 0 Å². The zero-order valence-corrected chi connectivity index (χ0v) is 13.1. The fourth-order valence-electron chi connectivity index (χ4n) is 3.39. The molecule has 2 aromatic rings. The van der Waals surface area contributed by atoms with Crippen LogP contribution in [0.2, 0.25) is 0 Å². The summed E-state index contributed by atoms with van der Waals surface area (Å²) in [6.07, 6.45) is 9.46. The molecule has 2 aliphatic heterocycles. The van der Waals surface area contributed by atoms with Crippen molar-refractivity contribution < 1.29 is 14.3 Å². The van der Waals surface area contributed by atoms with Gasteiger partial charge < -0.3 is 14.4 Å².